The minimum absolute atomic E-state index is 0.159. The van der Waals surface area contributed by atoms with Crippen LogP contribution in [-0.4, -0.2) is 40.1 Å². The Morgan fingerprint density at radius 3 is 2.53 bits per heavy atom. The number of amides is 2. The first-order valence-electron chi connectivity index (χ1n) is 7.15. The summed E-state index contributed by atoms with van der Waals surface area (Å²) in [5, 5.41) is 12.5. The van der Waals surface area contributed by atoms with E-state index in [9.17, 15) is 14.7 Å². The molecule has 1 saturated carbocycles. The maximum Gasteiger partial charge on any atom is 0.329 e. The SMILES string of the molecule is CCCC1(C(=O)O)CCCN1C(=O)NC1CC1(C)C. The van der Waals surface area contributed by atoms with Crippen LogP contribution in [0.1, 0.15) is 52.9 Å². The van der Waals surface area contributed by atoms with E-state index in [0.717, 1.165) is 19.3 Å². The van der Waals surface area contributed by atoms with E-state index in [1.165, 1.54) is 0 Å². The Hall–Kier alpha value is -1.26. The third kappa shape index (κ3) is 2.42. The van der Waals surface area contributed by atoms with E-state index in [2.05, 4.69) is 19.2 Å². The second-order valence-electron chi connectivity index (χ2n) is 6.54. The molecule has 1 saturated heterocycles. The standard InChI is InChI=1S/C14H24N2O3/c1-4-6-14(11(17)18)7-5-8-16(14)12(19)15-10-9-13(10,2)3/h10H,4-9H2,1-3H3,(H,15,19)(H,17,18). The van der Waals surface area contributed by atoms with Crippen molar-refractivity contribution in [2.75, 3.05) is 6.54 Å². The van der Waals surface area contributed by atoms with Crippen molar-refractivity contribution in [1.82, 2.24) is 10.2 Å². The number of hydrogen-bond donors (Lipinski definition) is 2. The molecule has 2 fully saturated rings. The van der Waals surface area contributed by atoms with Gasteiger partial charge in [-0.25, -0.2) is 9.59 Å². The number of carboxylic acids is 1. The summed E-state index contributed by atoms with van der Waals surface area (Å²) >= 11 is 0. The van der Waals surface area contributed by atoms with Crippen molar-refractivity contribution in [3.8, 4) is 0 Å². The van der Waals surface area contributed by atoms with Crippen LogP contribution in [0.4, 0.5) is 4.79 Å². The van der Waals surface area contributed by atoms with E-state index in [1.807, 2.05) is 6.92 Å². The summed E-state index contributed by atoms with van der Waals surface area (Å²) in [4.78, 5) is 25.5. The van der Waals surface area contributed by atoms with Crippen molar-refractivity contribution in [2.24, 2.45) is 5.41 Å². The molecule has 1 heterocycles. The van der Waals surface area contributed by atoms with Gasteiger partial charge in [-0.1, -0.05) is 27.2 Å². The van der Waals surface area contributed by atoms with Gasteiger partial charge < -0.3 is 15.3 Å². The highest BCUT2D eigenvalue weighted by atomic mass is 16.4. The molecule has 19 heavy (non-hydrogen) atoms. The van der Waals surface area contributed by atoms with Crippen molar-refractivity contribution >= 4 is 12.0 Å². The van der Waals surface area contributed by atoms with Crippen molar-refractivity contribution in [3.63, 3.8) is 0 Å². The first-order valence-corrected chi connectivity index (χ1v) is 7.15. The number of nitrogens with zero attached hydrogens (tertiary/aromatic N) is 1. The zero-order valence-corrected chi connectivity index (χ0v) is 12.0. The lowest BCUT2D eigenvalue weighted by Gasteiger charge is -2.34. The summed E-state index contributed by atoms with van der Waals surface area (Å²) in [5.41, 5.74) is -0.829. The monoisotopic (exact) mass is 268 g/mol. The van der Waals surface area contributed by atoms with E-state index >= 15 is 0 Å². The maximum atomic E-state index is 12.3. The van der Waals surface area contributed by atoms with Gasteiger partial charge in [-0.05, 0) is 31.1 Å². The third-order valence-corrected chi connectivity index (χ3v) is 4.61. The molecule has 2 rings (SSSR count). The lowest BCUT2D eigenvalue weighted by Crippen LogP contribution is -2.56. The molecule has 5 nitrogen and oxygen atoms in total. The Morgan fingerprint density at radius 2 is 2.05 bits per heavy atom. The molecule has 1 aliphatic heterocycles. The molecule has 1 aliphatic carbocycles. The van der Waals surface area contributed by atoms with E-state index in [1.54, 1.807) is 4.90 Å². The van der Waals surface area contributed by atoms with Gasteiger partial charge in [0.25, 0.3) is 0 Å². The fourth-order valence-electron chi connectivity index (χ4n) is 3.12. The number of carbonyl (C=O) groups excluding carboxylic acids is 1. The predicted molar refractivity (Wildman–Crippen MR) is 71.9 cm³/mol. The first-order chi connectivity index (χ1) is 8.83. The summed E-state index contributed by atoms with van der Waals surface area (Å²) in [6.07, 6.45) is 3.61. The lowest BCUT2D eigenvalue weighted by atomic mass is 9.91. The highest BCUT2D eigenvalue weighted by molar-refractivity contribution is 5.87. The number of rotatable bonds is 4. The second kappa shape index (κ2) is 4.69. The fraction of sp³-hybridized carbons (Fsp3) is 0.857. The average molecular weight is 268 g/mol. The molecule has 2 N–H and O–H groups in total. The molecular weight excluding hydrogens is 244 g/mol. The Bertz CT molecular complexity index is 394. The molecule has 2 aliphatic rings. The number of urea groups is 1. The zero-order chi connectivity index (χ0) is 14.3. The quantitative estimate of drug-likeness (QED) is 0.821. The first kappa shape index (κ1) is 14.2. The van der Waals surface area contributed by atoms with Crippen LogP contribution in [0.2, 0.25) is 0 Å². The zero-order valence-electron chi connectivity index (χ0n) is 12.0. The molecule has 2 unspecified atom stereocenters. The summed E-state index contributed by atoms with van der Waals surface area (Å²) in [5.74, 6) is -0.864. The normalized spacial score (nSPS) is 32.2. The molecule has 0 aromatic carbocycles. The Kier molecular flexibility index (Phi) is 3.49. The van der Waals surface area contributed by atoms with Gasteiger partial charge >= 0.3 is 12.0 Å². The van der Waals surface area contributed by atoms with Gasteiger partial charge in [-0.3, -0.25) is 0 Å². The van der Waals surface area contributed by atoms with Gasteiger partial charge in [0.1, 0.15) is 5.54 Å². The van der Waals surface area contributed by atoms with Crippen molar-refractivity contribution in [1.29, 1.82) is 0 Å². The van der Waals surface area contributed by atoms with E-state index in [4.69, 9.17) is 0 Å². The molecule has 0 radical (unpaired) electrons. The van der Waals surface area contributed by atoms with Gasteiger partial charge in [0.15, 0.2) is 0 Å². The summed E-state index contributed by atoms with van der Waals surface area (Å²) in [7, 11) is 0. The van der Waals surface area contributed by atoms with E-state index in [0.29, 0.717) is 19.4 Å². The second-order valence-corrected chi connectivity index (χ2v) is 6.54. The van der Waals surface area contributed by atoms with Crippen LogP contribution >= 0.6 is 0 Å². The Morgan fingerprint density at radius 1 is 1.42 bits per heavy atom. The number of nitrogens with one attached hydrogen (secondary N) is 1. The molecule has 0 spiro atoms. The van der Waals surface area contributed by atoms with E-state index in [-0.39, 0.29) is 17.5 Å². The van der Waals surface area contributed by atoms with Crippen LogP contribution in [0.25, 0.3) is 0 Å². The minimum atomic E-state index is -0.988. The maximum absolute atomic E-state index is 12.3. The summed E-state index contributed by atoms with van der Waals surface area (Å²) in [6, 6.07) is -0.0161. The largest absolute Gasteiger partial charge is 0.479 e. The average Bonchev–Trinajstić information content (AvgIpc) is 2.76. The van der Waals surface area contributed by atoms with Crippen LogP contribution in [0.3, 0.4) is 0 Å². The third-order valence-electron chi connectivity index (χ3n) is 4.61. The fourth-order valence-corrected chi connectivity index (χ4v) is 3.12. The van der Waals surface area contributed by atoms with Crippen LogP contribution in [0.5, 0.6) is 0 Å². The molecule has 108 valence electrons. The van der Waals surface area contributed by atoms with Crippen molar-refractivity contribution in [2.45, 2.75) is 64.5 Å². The minimum Gasteiger partial charge on any atom is -0.479 e. The topological polar surface area (TPSA) is 69.6 Å². The number of aliphatic carboxylic acids is 1. The molecule has 0 aromatic heterocycles. The van der Waals surface area contributed by atoms with Gasteiger partial charge in [0.2, 0.25) is 0 Å². The number of likely N-dealkylation sites (tertiary alicyclic amines) is 1. The number of carbonyl (C=O) groups is 2. The van der Waals surface area contributed by atoms with Crippen LogP contribution in [0, 0.1) is 5.41 Å². The Balaban J connectivity index is 2.08. The molecule has 2 amide bonds. The predicted octanol–water partition coefficient (Wildman–Crippen LogP) is 2.21. The Labute approximate surface area is 114 Å². The molecule has 0 aromatic rings. The van der Waals surface area contributed by atoms with Crippen LogP contribution in [-0.2, 0) is 4.79 Å². The smallest absolute Gasteiger partial charge is 0.329 e. The summed E-state index contributed by atoms with van der Waals surface area (Å²) in [6.45, 7) is 6.73. The van der Waals surface area contributed by atoms with E-state index < -0.39 is 11.5 Å². The van der Waals surface area contributed by atoms with Gasteiger partial charge in [-0.2, -0.15) is 0 Å². The molecular formula is C14H24N2O3. The van der Waals surface area contributed by atoms with Crippen LogP contribution < -0.4 is 5.32 Å². The van der Waals surface area contributed by atoms with Gasteiger partial charge in [-0.15, -0.1) is 0 Å². The van der Waals surface area contributed by atoms with Crippen molar-refractivity contribution in [3.05, 3.63) is 0 Å². The van der Waals surface area contributed by atoms with Gasteiger partial charge in [0.05, 0.1) is 0 Å². The highest BCUT2D eigenvalue weighted by Crippen LogP contribution is 2.45. The number of carboxylic acid groups (broad SMARTS) is 1. The summed E-state index contributed by atoms with van der Waals surface area (Å²) < 4.78 is 0. The number of hydrogen-bond acceptors (Lipinski definition) is 2. The lowest BCUT2D eigenvalue weighted by molar-refractivity contribution is -0.148. The molecule has 0 bridgehead atoms. The molecule has 2 atom stereocenters. The van der Waals surface area contributed by atoms with Gasteiger partial charge in [0, 0.05) is 12.6 Å². The van der Waals surface area contributed by atoms with Crippen LogP contribution in [0.15, 0.2) is 0 Å². The van der Waals surface area contributed by atoms with Crippen molar-refractivity contribution < 1.29 is 14.7 Å². The highest BCUT2D eigenvalue weighted by Gasteiger charge is 2.52. The molecule has 5 heteroatoms.